The summed E-state index contributed by atoms with van der Waals surface area (Å²) in [6, 6.07) is 0. The molecule has 0 radical (unpaired) electrons. The van der Waals surface area contributed by atoms with Gasteiger partial charge in [-0.3, -0.25) is 0 Å². The largest absolute Gasteiger partial charge is 0.478 e. The zero-order chi connectivity index (χ0) is 15.1. The van der Waals surface area contributed by atoms with E-state index in [0.29, 0.717) is 0 Å². The molecule has 10 heteroatoms. The molecule has 4 unspecified atom stereocenters. The molecule has 0 bridgehead atoms. The molecule has 2 aromatic heterocycles. The van der Waals surface area contributed by atoms with Gasteiger partial charge in [-0.1, -0.05) is 0 Å². The van der Waals surface area contributed by atoms with E-state index in [2.05, 4.69) is 15.1 Å². The number of hydrogen-bond donors (Lipinski definition) is 3. The second-order valence-electron chi connectivity index (χ2n) is 4.61. The molecule has 3 rings (SSSR count). The summed E-state index contributed by atoms with van der Waals surface area (Å²) in [4.78, 5) is 7.91. The lowest BCUT2D eigenvalue weighted by Crippen LogP contribution is -2.30. The standard InChI is InChI=1S/C11H14FN5O4/c1-20-10-9-14-2-4(17(9)16-11(13)15-10)8-6(12)7(19)5(3-18)21-8/h2,5-8,18-19H,3H2,1H3,(H2,13,16). The first-order valence-corrected chi connectivity index (χ1v) is 6.20. The van der Waals surface area contributed by atoms with Crippen LogP contribution in [0.1, 0.15) is 11.8 Å². The number of aliphatic hydroxyl groups is 2. The predicted molar refractivity (Wildman–Crippen MR) is 67.3 cm³/mol. The fourth-order valence-corrected chi connectivity index (χ4v) is 2.33. The van der Waals surface area contributed by atoms with E-state index in [1.54, 1.807) is 0 Å². The number of nitrogens with two attached hydrogens (primary N) is 1. The Kier molecular flexibility index (Phi) is 3.35. The maximum absolute atomic E-state index is 14.2. The molecule has 1 aliphatic rings. The Morgan fingerprint density at radius 2 is 2.33 bits per heavy atom. The average molecular weight is 299 g/mol. The first kappa shape index (κ1) is 13.9. The van der Waals surface area contributed by atoms with Crippen molar-refractivity contribution in [1.29, 1.82) is 0 Å². The van der Waals surface area contributed by atoms with Crippen molar-refractivity contribution in [3.8, 4) is 5.88 Å². The van der Waals surface area contributed by atoms with Crippen LogP contribution >= 0.6 is 0 Å². The van der Waals surface area contributed by atoms with Gasteiger partial charge in [0.2, 0.25) is 11.6 Å². The Bertz CT molecular complexity index is 665. The molecule has 0 aliphatic carbocycles. The van der Waals surface area contributed by atoms with Crippen LogP contribution in [0.5, 0.6) is 5.88 Å². The highest BCUT2D eigenvalue weighted by Crippen LogP contribution is 2.36. The Balaban J connectivity index is 2.07. The molecule has 4 atom stereocenters. The van der Waals surface area contributed by atoms with Crippen molar-refractivity contribution in [2.24, 2.45) is 0 Å². The van der Waals surface area contributed by atoms with E-state index >= 15 is 0 Å². The van der Waals surface area contributed by atoms with Gasteiger partial charge in [0.25, 0.3) is 5.88 Å². The Labute approximate surface area is 118 Å². The zero-order valence-electron chi connectivity index (χ0n) is 11.0. The van der Waals surface area contributed by atoms with Crippen LogP contribution in [0.2, 0.25) is 0 Å². The number of alkyl halides is 1. The number of aromatic nitrogens is 4. The van der Waals surface area contributed by atoms with Crippen LogP contribution < -0.4 is 10.5 Å². The summed E-state index contributed by atoms with van der Waals surface area (Å²) in [5.74, 6) is 0.0627. The smallest absolute Gasteiger partial charge is 0.262 e. The van der Waals surface area contributed by atoms with E-state index in [1.165, 1.54) is 17.8 Å². The number of halogens is 1. The molecule has 114 valence electrons. The second-order valence-corrected chi connectivity index (χ2v) is 4.61. The van der Waals surface area contributed by atoms with Crippen molar-refractivity contribution in [1.82, 2.24) is 19.6 Å². The Hall–Kier alpha value is -2.04. The molecule has 3 heterocycles. The summed E-state index contributed by atoms with van der Waals surface area (Å²) in [7, 11) is 1.39. The topological polar surface area (TPSA) is 128 Å². The number of nitrogens with zero attached hydrogens (tertiary/aromatic N) is 4. The maximum atomic E-state index is 14.2. The van der Waals surface area contributed by atoms with Crippen LogP contribution in [-0.2, 0) is 4.74 Å². The number of rotatable bonds is 3. The first-order chi connectivity index (χ1) is 10.1. The highest BCUT2D eigenvalue weighted by atomic mass is 19.1. The van der Waals surface area contributed by atoms with E-state index in [0.717, 1.165) is 0 Å². The van der Waals surface area contributed by atoms with Gasteiger partial charge in [-0.2, -0.15) is 4.98 Å². The van der Waals surface area contributed by atoms with E-state index in [-0.39, 0.29) is 23.2 Å². The van der Waals surface area contributed by atoms with Gasteiger partial charge in [-0.05, 0) is 0 Å². The number of nitrogen functional groups attached to an aromatic ring is 1. The number of ether oxygens (including phenoxy) is 2. The van der Waals surface area contributed by atoms with Gasteiger partial charge in [-0.25, -0.2) is 13.9 Å². The van der Waals surface area contributed by atoms with Gasteiger partial charge in [0.15, 0.2) is 6.17 Å². The minimum atomic E-state index is -1.72. The summed E-state index contributed by atoms with van der Waals surface area (Å²) < 4.78 is 25.8. The fraction of sp³-hybridized carbons (Fsp3) is 0.545. The molecule has 9 nitrogen and oxygen atoms in total. The minimum absolute atomic E-state index is 0.0775. The number of aliphatic hydroxyl groups excluding tert-OH is 2. The van der Waals surface area contributed by atoms with E-state index < -0.39 is 31.1 Å². The Morgan fingerprint density at radius 3 is 2.95 bits per heavy atom. The third kappa shape index (κ3) is 2.07. The van der Waals surface area contributed by atoms with Crippen LogP contribution in [0.4, 0.5) is 10.3 Å². The van der Waals surface area contributed by atoms with Crippen LogP contribution in [0, 0.1) is 0 Å². The lowest BCUT2D eigenvalue weighted by atomic mass is 10.1. The van der Waals surface area contributed by atoms with Crippen molar-refractivity contribution >= 4 is 11.6 Å². The molecular weight excluding hydrogens is 285 g/mol. The van der Waals surface area contributed by atoms with Crippen molar-refractivity contribution in [3.05, 3.63) is 11.9 Å². The lowest BCUT2D eigenvalue weighted by molar-refractivity contribution is -0.0241. The molecule has 1 aliphatic heterocycles. The van der Waals surface area contributed by atoms with Crippen molar-refractivity contribution in [2.45, 2.75) is 24.5 Å². The average Bonchev–Trinajstić information content (AvgIpc) is 3.01. The second kappa shape index (κ2) is 5.06. The number of hydrogen-bond acceptors (Lipinski definition) is 8. The monoisotopic (exact) mass is 299 g/mol. The summed E-state index contributed by atoms with van der Waals surface area (Å²) in [6.07, 6.45) is -3.92. The van der Waals surface area contributed by atoms with Gasteiger partial charge in [0.05, 0.1) is 25.6 Å². The molecule has 1 saturated heterocycles. The van der Waals surface area contributed by atoms with Gasteiger partial charge in [0.1, 0.15) is 18.3 Å². The molecule has 1 fully saturated rings. The van der Waals surface area contributed by atoms with Crippen LogP contribution in [0.3, 0.4) is 0 Å². The first-order valence-electron chi connectivity index (χ1n) is 6.20. The molecule has 4 N–H and O–H groups in total. The van der Waals surface area contributed by atoms with Crippen LogP contribution in [-0.4, -0.2) is 61.9 Å². The number of methoxy groups -OCH3 is 1. The number of anilines is 1. The van der Waals surface area contributed by atoms with Gasteiger partial charge in [-0.15, -0.1) is 5.10 Å². The third-order valence-corrected chi connectivity index (χ3v) is 3.36. The van der Waals surface area contributed by atoms with E-state index in [9.17, 15) is 9.50 Å². The van der Waals surface area contributed by atoms with E-state index in [1.807, 2.05) is 0 Å². The maximum Gasteiger partial charge on any atom is 0.262 e. The quantitative estimate of drug-likeness (QED) is 0.648. The van der Waals surface area contributed by atoms with E-state index in [4.69, 9.17) is 20.3 Å². The van der Waals surface area contributed by atoms with Gasteiger partial charge < -0.3 is 25.4 Å². The van der Waals surface area contributed by atoms with Crippen molar-refractivity contribution in [2.75, 3.05) is 19.5 Å². The van der Waals surface area contributed by atoms with Crippen molar-refractivity contribution in [3.63, 3.8) is 0 Å². The van der Waals surface area contributed by atoms with Crippen molar-refractivity contribution < 1.29 is 24.1 Å². The Morgan fingerprint density at radius 1 is 1.57 bits per heavy atom. The fourth-order valence-electron chi connectivity index (χ4n) is 2.33. The summed E-state index contributed by atoms with van der Waals surface area (Å²) >= 11 is 0. The van der Waals surface area contributed by atoms with Crippen LogP contribution in [0.25, 0.3) is 5.65 Å². The molecule has 21 heavy (non-hydrogen) atoms. The lowest BCUT2D eigenvalue weighted by Gasteiger charge is -2.12. The van der Waals surface area contributed by atoms with Crippen LogP contribution in [0.15, 0.2) is 6.20 Å². The zero-order valence-corrected chi connectivity index (χ0v) is 11.0. The molecule has 0 saturated carbocycles. The normalized spacial score (nSPS) is 29.1. The molecular formula is C11H14FN5O4. The van der Waals surface area contributed by atoms with Gasteiger partial charge in [0, 0.05) is 0 Å². The predicted octanol–water partition coefficient (Wildman–Crippen LogP) is -1.15. The number of imidazole rings is 1. The molecule has 0 amide bonds. The molecule has 0 aromatic carbocycles. The highest BCUT2D eigenvalue weighted by Gasteiger charge is 2.46. The number of fused-ring (bicyclic) bond motifs is 1. The third-order valence-electron chi connectivity index (χ3n) is 3.36. The molecule has 0 spiro atoms. The minimum Gasteiger partial charge on any atom is -0.478 e. The summed E-state index contributed by atoms with van der Waals surface area (Å²) in [5.41, 5.74) is 6.07. The summed E-state index contributed by atoms with van der Waals surface area (Å²) in [6.45, 7) is -0.491. The highest BCUT2D eigenvalue weighted by molar-refractivity contribution is 5.51. The SMILES string of the molecule is COc1nc(N)nn2c(C3OC(CO)C(O)C3F)cnc12. The van der Waals surface area contributed by atoms with Gasteiger partial charge >= 0.3 is 0 Å². The molecule has 2 aromatic rings. The summed E-state index contributed by atoms with van der Waals surface area (Å²) in [5, 5.41) is 22.7.